The van der Waals surface area contributed by atoms with Crippen LogP contribution in [0.25, 0.3) is 0 Å². The van der Waals surface area contributed by atoms with Crippen LogP contribution in [-0.2, 0) is 13.2 Å². The summed E-state index contributed by atoms with van der Waals surface area (Å²) in [4.78, 5) is 0. The van der Waals surface area contributed by atoms with E-state index in [2.05, 4.69) is 22.4 Å². The summed E-state index contributed by atoms with van der Waals surface area (Å²) >= 11 is 0. The first-order chi connectivity index (χ1) is 9.72. The van der Waals surface area contributed by atoms with Crippen LogP contribution in [0.2, 0.25) is 0 Å². The summed E-state index contributed by atoms with van der Waals surface area (Å²) in [5.74, 6) is 2.32. The number of ether oxygens (including phenoxy) is 2. The Balaban J connectivity index is 2.07. The van der Waals surface area contributed by atoms with Gasteiger partial charge in [-0.15, -0.1) is 10.2 Å². The molecule has 0 saturated heterocycles. The molecular formula is C14H19N3O3. The third-order valence-corrected chi connectivity index (χ3v) is 2.73. The molecule has 108 valence electrons. The van der Waals surface area contributed by atoms with Crippen molar-refractivity contribution in [3.63, 3.8) is 0 Å². The largest absolute Gasteiger partial charge is 0.493 e. The van der Waals surface area contributed by atoms with Gasteiger partial charge in [0.15, 0.2) is 18.1 Å². The average molecular weight is 277 g/mol. The first-order valence-corrected chi connectivity index (χ1v) is 6.52. The zero-order valence-electron chi connectivity index (χ0n) is 12.0. The van der Waals surface area contributed by atoms with Crippen molar-refractivity contribution in [3.8, 4) is 11.5 Å². The molecule has 0 atom stereocenters. The molecule has 0 bridgehead atoms. The first-order valence-electron chi connectivity index (χ1n) is 6.52. The first kappa shape index (κ1) is 14.3. The van der Waals surface area contributed by atoms with Crippen molar-refractivity contribution >= 4 is 0 Å². The lowest BCUT2D eigenvalue weighted by Gasteiger charge is -2.11. The van der Waals surface area contributed by atoms with E-state index in [-0.39, 0.29) is 6.61 Å². The van der Waals surface area contributed by atoms with Crippen molar-refractivity contribution in [1.82, 2.24) is 15.5 Å². The van der Waals surface area contributed by atoms with Gasteiger partial charge in [0, 0.05) is 13.5 Å². The zero-order chi connectivity index (χ0) is 14.4. The predicted molar refractivity (Wildman–Crippen MR) is 73.7 cm³/mol. The molecule has 2 aromatic rings. The molecule has 1 aromatic carbocycles. The van der Waals surface area contributed by atoms with Crippen LogP contribution in [0.1, 0.15) is 24.3 Å². The van der Waals surface area contributed by atoms with Gasteiger partial charge in [0.25, 0.3) is 5.89 Å². The number of hydrogen-bond donors (Lipinski definition) is 1. The fourth-order valence-electron chi connectivity index (χ4n) is 1.75. The lowest BCUT2D eigenvalue weighted by molar-refractivity contribution is 0.247. The highest BCUT2D eigenvalue weighted by atomic mass is 16.5. The number of nitrogens with one attached hydrogen (secondary N) is 1. The molecule has 20 heavy (non-hydrogen) atoms. The molecule has 1 N–H and O–H groups in total. The van der Waals surface area contributed by atoms with Gasteiger partial charge in [-0.2, -0.15) is 0 Å². The number of nitrogens with zero attached hydrogens (tertiary/aromatic N) is 2. The van der Waals surface area contributed by atoms with Crippen molar-refractivity contribution in [3.05, 3.63) is 35.5 Å². The summed E-state index contributed by atoms with van der Waals surface area (Å²) in [7, 11) is 1.61. The molecule has 0 aliphatic rings. The molecule has 0 amide bonds. The van der Waals surface area contributed by atoms with Crippen molar-refractivity contribution in [2.75, 3.05) is 13.7 Å². The standard InChI is InChI=1S/C14H19N3O3/c1-4-15-8-11-5-6-12(18-3)13(7-11)19-9-14-17-16-10(2)20-14/h5-7,15H,4,8-9H2,1-3H3. The maximum atomic E-state index is 5.70. The number of rotatable bonds is 7. The molecule has 1 aromatic heterocycles. The van der Waals surface area contributed by atoms with Gasteiger partial charge in [-0.25, -0.2) is 0 Å². The van der Waals surface area contributed by atoms with Gasteiger partial charge in [0.1, 0.15) is 0 Å². The predicted octanol–water partition coefficient (Wildman–Crippen LogP) is 2.08. The van der Waals surface area contributed by atoms with E-state index in [1.807, 2.05) is 18.2 Å². The smallest absolute Gasteiger partial charge is 0.253 e. The number of aryl methyl sites for hydroxylation is 1. The highest BCUT2D eigenvalue weighted by Gasteiger charge is 2.09. The fourth-order valence-corrected chi connectivity index (χ4v) is 1.75. The highest BCUT2D eigenvalue weighted by Crippen LogP contribution is 2.28. The summed E-state index contributed by atoms with van der Waals surface area (Å²) in [5, 5.41) is 10.9. The van der Waals surface area contributed by atoms with E-state index >= 15 is 0 Å². The van der Waals surface area contributed by atoms with E-state index in [0.29, 0.717) is 23.3 Å². The van der Waals surface area contributed by atoms with E-state index in [0.717, 1.165) is 18.7 Å². The Morgan fingerprint density at radius 3 is 2.75 bits per heavy atom. The second-order valence-electron chi connectivity index (χ2n) is 4.27. The highest BCUT2D eigenvalue weighted by molar-refractivity contribution is 5.42. The summed E-state index contributed by atoms with van der Waals surface area (Å²) in [6, 6.07) is 5.84. The Morgan fingerprint density at radius 2 is 2.10 bits per heavy atom. The number of benzene rings is 1. The normalized spacial score (nSPS) is 10.6. The Kier molecular flexibility index (Phi) is 4.95. The minimum absolute atomic E-state index is 0.224. The molecule has 0 spiro atoms. The molecule has 2 rings (SSSR count). The van der Waals surface area contributed by atoms with Gasteiger partial charge in [0.05, 0.1) is 7.11 Å². The van der Waals surface area contributed by atoms with Crippen LogP contribution in [0, 0.1) is 6.92 Å². The van der Waals surface area contributed by atoms with Crippen LogP contribution in [0.15, 0.2) is 22.6 Å². The Hall–Kier alpha value is -2.08. The lowest BCUT2D eigenvalue weighted by atomic mass is 10.2. The van der Waals surface area contributed by atoms with Crippen LogP contribution in [0.5, 0.6) is 11.5 Å². The van der Waals surface area contributed by atoms with Crippen LogP contribution in [-0.4, -0.2) is 23.9 Å². The van der Waals surface area contributed by atoms with E-state index in [1.54, 1.807) is 14.0 Å². The summed E-state index contributed by atoms with van der Waals surface area (Å²) < 4.78 is 16.3. The number of aromatic nitrogens is 2. The zero-order valence-corrected chi connectivity index (χ0v) is 12.0. The molecule has 1 heterocycles. The van der Waals surface area contributed by atoms with Crippen LogP contribution < -0.4 is 14.8 Å². The van der Waals surface area contributed by atoms with Crippen LogP contribution >= 0.6 is 0 Å². The summed E-state index contributed by atoms with van der Waals surface area (Å²) in [6.45, 7) is 5.74. The molecule has 0 unspecified atom stereocenters. The van der Waals surface area contributed by atoms with Crippen molar-refractivity contribution in [2.45, 2.75) is 27.0 Å². The molecule has 0 aliphatic heterocycles. The SMILES string of the molecule is CCNCc1ccc(OC)c(OCc2nnc(C)o2)c1. The molecule has 0 saturated carbocycles. The van der Waals surface area contributed by atoms with Gasteiger partial charge >= 0.3 is 0 Å². The van der Waals surface area contributed by atoms with Crippen LogP contribution in [0.3, 0.4) is 0 Å². The number of methoxy groups -OCH3 is 1. The van der Waals surface area contributed by atoms with Crippen LogP contribution in [0.4, 0.5) is 0 Å². The molecule has 0 radical (unpaired) electrons. The fraction of sp³-hybridized carbons (Fsp3) is 0.429. The van der Waals surface area contributed by atoms with Crippen molar-refractivity contribution < 1.29 is 13.9 Å². The average Bonchev–Trinajstić information content (AvgIpc) is 2.88. The molecule has 0 fully saturated rings. The lowest BCUT2D eigenvalue weighted by Crippen LogP contribution is -2.11. The van der Waals surface area contributed by atoms with Gasteiger partial charge in [-0.1, -0.05) is 13.0 Å². The van der Waals surface area contributed by atoms with Gasteiger partial charge in [-0.05, 0) is 24.2 Å². The second kappa shape index (κ2) is 6.91. The van der Waals surface area contributed by atoms with Gasteiger partial charge < -0.3 is 19.2 Å². The Bertz CT molecular complexity index is 554. The maximum Gasteiger partial charge on any atom is 0.253 e. The molecular weight excluding hydrogens is 258 g/mol. The van der Waals surface area contributed by atoms with Crippen molar-refractivity contribution in [1.29, 1.82) is 0 Å². The third kappa shape index (κ3) is 3.71. The van der Waals surface area contributed by atoms with E-state index in [9.17, 15) is 0 Å². The minimum atomic E-state index is 0.224. The minimum Gasteiger partial charge on any atom is -0.493 e. The monoisotopic (exact) mass is 277 g/mol. The van der Waals surface area contributed by atoms with Crippen molar-refractivity contribution in [2.24, 2.45) is 0 Å². The van der Waals surface area contributed by atoms with Gasteiger partial charge in [-0.3, -0.25) is 0 Å². The summed E-state index contributed by atoms with van der Waals surface area (Å²) in [6.07, 6.45) is 0. The Morgan fingerprint density at radius 1 is 1.25 bits per heavy atom. The molecule has 0 aliphatic carbocycles. The number of hydrogen-bond acceptors (Lipinski definition) is 6. The second-order valence-corrected chi connectivity index (χ2v) is 4.27. The van der Waals surface area contributed by atoms with E-state index < -0.39 is 0 Å². The maximum absolute atomic E-state index is 5.70. The molecule has 6 nitrogen and oxygen atoms in total. The third-order valence-electron chi connectivity index (χ3n) is 2.73. The van der Waals surface area contributed by atoms with E-state index in [4.69, 9.17) is 13.9 Å². The Labute approximate surface area is 118 Å². The van der Waals surface area contributed by atoms with Gasteiger partial charge in [0.2, 0.25) is 5.89 Å². The topological polar surface area (TPSA) is 69.4 Å². The van der Waals surface area contributed by atoms with E-state index in [1.165, 1.54) is 0 Å². The quantitative estimate of drug-likeness (QED) is 0.835. The molecule has 6 heteroatoms. The summed E-state index contributed by atoms with van der Waals surface area (Å²) in [5.41, 5.74) is 1.13.